The number of amides is 2. The number of nitrogens with one attached hydrogen (secondary N) is 1. The molecule has 8 heteroatoms. The lowest BCUT2D eigenvalue weighted by Crippen LogP contribution is -2.52. The highest BCUT2D eigenvalue weighted by molar-refractivity contribution is 7.99. The number of thioether (sulfide) groups is 1. The van der Waals surface area contributed by atoms with Gasteiger partial charge in [0.25, 0.3) is 0 Å². The van der Waals surface area contributed by atoms with Crippen molar-refractivity contribution in [2.75, 3.05) is 5.75 Å². The maximum Gasteiger partial charge on any atom is 0.243 e. The SMILES string of the molecule is CC(C)NC(=O)C(Cc1ccccc1)N(Cc1ccc(Cl)cc1Cl)C(=O)CSCc1ccc(Cl)cc1. The van der Waals surface area contributed by atoms with Gasteiger partial charge in [-0.05, 0) is 54.8 Å². The minimum absolute atomic E-state index is 0.0638. The number of carbonyl (C=O) groups excluding carboxylic acids is 2. The van der Waals surface area contributed by atoms with E-state index < -0.39 is 6.04 Å². The Morgan fingerprint density at radius 1 is 0.889 bits per heavy atom. The predicted octanol–water partition coefficient (Wildman–Crippen LogP) is 7.04. The Morgan fingerprint density at radius 3 is 2.19 bits per heavy atom. The summed E-state index contributed by atoms with van der Waals surface area (Å²) in [7, 11) is 0. The molecule has 3 aromatic rings. The van der Waals surface area contributed by atoms with Crippen molar-refractivity contribution in [1.82, 2.24) is 10.2 Å². The zero-order valence-electron chi connectivity index (χ0n) is 20.2. The molecule has 36 heavy (non-hydrogen) atoms. The Morgan fingerprint density at radius 2 is 1.56 bits per heavy atom. The van der Waals surface area contributed by atoms with Crippen LogP contribution in [0.1, 0.15) is 30.5 Å². The van der Waals surface area contributed by atoms with Crippen LogP contribution in [0.25, 0.3) is 0 Å². The molecule has 1 unspecified atom stereocenters. The molecule has 3 aromatic carbocycles. The van der Waals surface area contributed by atoms with E-state index in [1.807, 2.05) is 68.4 Å². The van der Waals surface area contributed by atoms with Crippen molar-refractivity contribution in [3.8, 4) is 0 Å². The normalized spacial score (nSPS) is 11.8. The Kier molecular flexibility index (Phi) is 11.0. The van der Waals surface area contributed by atoms with E-state index in [1.165, 1.54) is 11.8 Å². The summed E-state index contributed by atoms with van der Waals surface area (Å²) in [5.41, 5.74) is 2.77. The molecule has 0 spiro atoms. The van der Waals surface area contributed by atoms with E-state index in [0.29, 0.717) is 27.2 Å². The quantitative estimate of drug-likeness (QED) is 0.272. The van der Waals surface area contributed by atoms with Crippen LogP contribution in [0.4, 0.5) is 0 Å². The lowest BCUT2D eigenvalue weighted by atomic mass is 10.0. The Balaban J connectivity index is 1.87. The summed E-state index contributed by atoms with van der Waals surface area (Å²) in [4.78, 5) is 28.6. The average Bonchev–Trinajstić information content (AvgIpc) is 2.84. The molecule has 1 N–H and O–H groups in total. The number of rotatable bonds is 11. The van der Waals surface area contributed by atoms with Gasteiger partial charge in [-0.2, -0.15) is 0 Å². The molecule has 0 heterocycles. The summed E-state index contributed by atoms with van der Waals surface area (Å²) in [6, 6.07) is 21.7. The van der Waals surface area contributed by atoms with Gasteiger partial charge in [0.05, 0.1) is 5.75 Å². The number of hydrogen-bond donors (Lipinski definition) is 1. The molecule has 0 radical (unpaired) electrons. The van der Waals surface area contributed by atoms with Crippen molar-refractivity contribution in [1.29, 1.82) is 0 Å². The van der Waals surface area contributed by atoms with Crippen molar-refractivity contribution in [3.05, 3.63) is 105 Å². The second-order valence-electron chi connectivity index (χ2n) is 8.75. The first-order chi connectivity index (χ1) is 17.2. The van der Waals surface area contributed by atoms with E-state index in [4.69, 9.17) is 34.8 Å². The van der Waals surface area contributed by atoms with Crippen LogP contribution in [0, 0.1) is 0 Å². The molecule has 4 nitrogen and oxygen atoms in total. The average molecular weight is 564 g/mol. The van der Waals surface area contributed by atoms with E-state index in [9.17, 15) is 9.59 Å². The van der Waals surface area contributed by atoms with Gasteiger partial charge in [-0.25, -0.2) is 0 Å². The molecule has 0 aliphatic rings. The predicted molar refractivity (Wildman–Crippen MR) is 152 cm³/mol. The minimum atomic E-state index is -0.704. The van der Waals surface area contributed by atoms with Gasteiger partial charge in [-0.3, -0.25) is 9.59 Å². The summed E-state index contributed by atoms with van der Waals surface area (Å²) in [5, 5.41) is 4.63. The van der Waals surface area contributed by atoms with Gasteiger partial charge in [-0.1, -0.05) is 83.3 Å². The highest BCUT2D eigenvalue weighted by Gasteiger charge is 2.31. The lowest BCUT2D eigenvalue weighted by molar-refractivity contribution is -0.139. The molecule has 190 valence electrons. The lowest BCUT2D eigenvalue weighted by Gasteiger charge is -2.32. The third-order valence-corrected chi connectivity index (χ3v) is 7.29. The molecule has 0 aliphatic heterocycles. The van der Waals surface area contributed by atoms with E-state index in [2.05, 4.69) is 5.32 Å². The summed E-state index contributed by atoms with van der Waals surface area (Å²) < 4.78 is 0. The largest absolute Gasteiger partial charge is 0.352 e. The number of halogens is 3. The zero-order valence-corrected chi connectivity index (χ0v) is 23.3. The summed E-state index contributed by atoms with van der Waals surface area (Å²) in [6.07, 6.45) is 0.387. The van der Waals surface area contributed by atoms with Crippen LogP contribution in [0.3, 0.4) is 0 Å². The fraction of sp³-hybridized carbons (Fsp3) is 0.286. The molecule has 1 atom stereocenters. The van der Waals surface area contributed by atoms with E-state index in [1.54, 1.807) is 23.1 Å². The van der Waals surface area contributed by atoms with Crippen LogP contribution in [0.15, 0.2) is 72.8 Å². The molecule has 0 aromatic heterocycles. The van der Waals surface area contributed by atoms with E-state index in [0.717, 1.165) is 16.7 Å². The standard InChI is InChI=1S/C28H29Cl3N2O2S/c1-19(2)32-28(35)26(14-20-6-4-3-5-7-20)33(16-22-10-13-24(30)15-25(22)31)27(34)18-36-17-21-8-11-23(29)12-9-21/h3-13,15,19,26H,14,16-18H2,1-2H3,(H,32,35). The maximum absolute atomic E-state index is 13.6. The molecule has 3 rings (SSSR count). The molecular formula is C28H29Cl3N2O2S. The Labute approximate surface area is 232 Å². The smallest absolute Gasteiger partial charge is 0.243 e. The molecule has 0 saturated heterocycles. The third-order valence-electron chi connectivity index (χ3n) is 5.47. The minimum Gasteiger partial charge on any atom is -0.352 e. The molecule has 0 aliphatic carbocycles. The van der Waals surface area contributed by atoms with Crippen molar-refractivity contribution in [2.24, 2.45) is 0 Å². The van der Waals surface area contributed by atoms with Crippen molar-refractivity contribution >= 4 is 58.4 Å². The van der Waals surface area contributed by atoms with E-state index in [-0.39, 0.29) is 30.2 Å². The topological polar surface area (TPSA) is 49.4 Å². The van der Waals surface area contributed by atoms with Gasteiger partial charge in [0.2, 0.25) is 11.8 Å². The Bertz CT molecular complexity index is 1160. The second kappa shape index (κ2) is 13.9. The van der Waals surface area contributed by atoms with Gasteiger partial charge < -0.3 is 10.2 Å². The fourth-order valence-electron chi connectivity index (χ4n) is 3.69. The molecule has 2 amide bonds. The van der Waals surface area contributed by atoms with Crippen molar-refractivity contribution < 1.29 is 9.59 Å². The highest BCUT2D eigenvalue weighted by Crippen LogP contribution is 2.25. The van der Waals surface area contributed by atoms with Gasteiger partial charge in [0.15, 0.2) is 0 Å². The first-order valence-electron chi connectivity index (χ1n) is 11.6. The van der Waals surface area contributed by atoms with Crippen molar-refractivity contribution in [2.45, 2.75) is 44.6 Å². The number of nitrogens with zero attached hydrogens (tertiary/aromatic N) is 1. The maximum atomic E-state index is 13.6. The van der Waals surface area contributed by atoms with Crippen LogP contribution < -0.4 is 5.32 Å². The monoisotopic (exact) mass is 562 g/mol. The van der Waals surface area contributed by atoms with Gasteiger partial charge in [-0.15, -0.1) is 11.8 Å². The van der Waals surface area contributed by atoms with Gasteiger partial charge >= 0.3 is 0 Å². The zero-order chi connectivity index (χ0) is 26.1. The third kappa shape index (κ3) is 8.74. The van der Waals surface area contributed by atoms with Crippen LogP contribution in [-0.2, 0) is 28.3 Å². The van der Waals surface area contributed by atoms with Crippen molar-refractivity contribution in [3.63, 3.8) is 0 Å². The number of benzene rings is 3. The van der Waals surface area contributed by atoms with Gasteiger partial charge in [0.1, 0.15) is 6.04 Å². The first kappa shape index (κ1) is 28.4. The van der Waals surface area contributed by atoms with E-state index >= 15 is 0 Å². The summed E-state index contributed by atoms with van der Waals surface area (Å²) >= 11 is 20.0. The molecule has 0 saturated carbocycles. The summed E-state index contributed by atoms with van der Waals surface area (Å²) in [6.45, 7) is 4.00. The fourth-order valence-corrected chi connectivity index (χ4v) is 5.15. The second-order valence-corrected chi connectivity index (χ2v) is 11.0. The highest BCUT2D eigenvalue weighted by atomic mass is 35.5. The van der Waals surface area contributed by atoms with Crippen LogP contribution in [0.2, 0.25) is 15.1 Å². The first-order valence-corrected chi connectivity index (χ1v) is 13.9. The van der Waals surface area contributed by atoms with Crippen LogP contribution >= 0.6 is 46.6 Å². The van der Waals surface area contributed by atoms with Gasteiger partial charge in [0, 0.05) is 39.8 Å². The number of carbonyl (C=O) groups is 2. The molecule has 0 fully saturated rings. The van der Waals surface area contributed by atoms with Crippen LogP contribution in [-0.4, -0.2) is 34.6 Å². The molecular weight excluding hydrogens is 535 g/mol. The van der Waals surface area contributed by atoms with Crippen LogP contribution in [0.5, 0.6) is 0 Å². The Hall–Kier alpha value is -2.18. The molecule has 0 bridgehead atoms. The number of hydrogen-bond acceptors (Lipinski definition) is 3. The summed E-state index contributed by atoms with van der Waals surface area (Å²) in [5.74, 6) is 0.531.